The van der Waals surface area contributed by atoms with Crippen LogP contribution in [0.4, 0.5) is 0 Å². The Morgan fingerprint density at radius 3 is 2.92 bits per heavy atom. The lowest BCUT2D eigenvalue weighted by Gasteiger charge is -2.20. The zero-order valence-corrected chi connectivity index (χ0v) is 14.3. The first kappa shape index (κ1) is 18.0. The third-order valence-corrected chi connectivity index (χ3v) is 3.84. The lowest BCUT2D eigenvalue weighted by atomic mass is 10.0. The Morgan fingerprint density at radius 1 is 1.50 bits per heavy atom. The Morgan fingerprint density at radius 2 is 2.29 bits per heavy atom. The third-order valence-electron chi connectivity index (χ3n) is 3.84. The number of ether oxygens (including phenoxy) is 1. The van der Waals surface area contributed by atoms with Crippen molar-refractivity contribution in [3.63, 3.8) is 0 Å². The van der Waals surface area contributed by atoms with Crippen LogP contribution in [0.1, 0.15) is 33.1 Å². The molecule has 1 amide bonds. The van der Waals surface area contributed by atoms with Crippen molar-refractivity contribution in [1.82, 2.24) is 5.32 Å². The van der Waals surface area contributed by atoms with E-state index in [0.717, 1.165) is 17.8 Å². The molecular weight excluding hydrogens is 302 g/mol. The minimum Gasteiger partial charge on any atom is -0.487 e. The summed E-state index contributed by atoms with van der Waals surface area (Å²) in [5.74, 6) is 0.646. The monoisotopic (exact) mass is 327 g/mol. The van der Waals surface area contributed by atoms with E-state index in [0.29, 0.717) is 19.4 Å². The fourth-order valence-corrected chi connectivity index (χ4v) is 2.44. The van der Waals surface area contributed by atoms with E-state index < -0.39 is 5.54 Å². The standard InChI is InChI=1S/C19H25N3O2/c1-19(2,21)13-22-18(23)15-4-3-5-16(11-8-15)24-17-9-6-14(12-20)7-10-17/h3-6,9-10,14,16H,7-8,11,13,21H2,1-2H3,(H,22,23)/t14-,16?/m0/s1. The van der Waals surface area contributed by atoms with Gasteiger partial charge in [-0.05, 0) is 51.3 Å². The lowest BCUT2D eigenvalue weighted by Crippen LogP contribution is -2.45. The van der Waals surface area contributed by atoms with Gasteiger partial charge in [0.25, 0.3) is 0 Å². The number of nitrogens with two attached hydrogens (primary N) is 1. The number of rotatable bonds is 5. The molecule has 2 rings (SSSR count). The maximum absolute atomic E-state index is 12.2. The fraction of sp³-hybridized carbons (Fsp3) is 0.474. The van der Waals surface area contributed by atoms with Crippen LogP contribution >= 0.6 is 0 Å². The summed E-state index contributed by atoms with van der Waals surface area (Å²) in [6, 6.07) is 2.22. The Bertz CT molecular complexity index is 630. The molecule has 128 valence electrons. The molecule has 0 fully saturated rings. The SMILES string of the molecule is CC(C)(N)CNC(=O)C1=CC=CC(OC2=CC[C@@H](C#N)C=C2)CC1. The highest BCUT2D eigenvalue weighted by atomic mass is 16.5. The van der Waals surface area contributed by atoms with Crippen LogP contribution < -0.4 is 11.1 Å². The number of carbonyl (C=O) groups excluding carboxylic acids is 1. The summed E-state index contributed by atoms with van der Waals surface area (Å²) < 4.78 is 5.94. The van der Waals surface area contributed by atoms with E-state index in [1.807, 2.05) is 50.3 Å². The molecule has 0 spiro atoms. The van der Waals surface area contributed by atoms with Gasteiger partial charge in [0.15, 0.2) is 0 Å². The van der Waals surface area contributed by atoms with Crippen LogP contribution in [-0.4, -0.2) is 24.1 Å². The van der Waals surface area contributed by atoms with Crippen molar-refractivity contribution >= 4 is 5.91 Å². The first-order chi connectivity index (χ1) is 11.4. The molecule has 5 nitrogen and oxygen atoms in total. The van der Waals surface area contributed by atoms with Crippen LogP contribution in [-0.2, 0) is 9.53 Å². The summed E-state index contributed by atoms with van der Waals surface area (Å²) in [7, 11) is 0. The van der Waals surface area contributed by atoms with Crippen molar-refractivity contribution in [2.24, 2.45) is 11.7 Å². The molecule has 1 unspecified atom stereocenters. The molecule has 3 N–H and O–H groups in total. The van der Waals surface area contributed by atoms with Gasteiger partial charge in [-0.1, -0.05) is 18.2 Å². The molecule has 0 aliphatic heterocycles. The van der Waals surface area contributed by atoms with Crippen LogP contribution in [0.15, 0.2) is 47.8 Å². The van der Waals surface area contributed by atoms with Gasteiger partial charge < -0.3 is 15.8 Å². The quantitative estimate of drug-likeness (QED) is 0.812. The summed E-state index contributed by atoms with van der Waals surface area (Å²) in [4.78, 5) is 12.2. The number of hydrogen-bond donors (Lipinski definition) is 2. The molecule has 0 saturated carbocycles. The number of nitrogens with zero attached hydrogens (tertiary/aromatic N) is 1. The van der Waals surface area contributed by atoms with Gasteiger partial charge in [0, 0.05) is 17.7 Å². The van der Waals surface area contributed by atoms with Crippen LogP contribution in [0.25, 0.3) is 0 Å². The molecule has 0 saturated heterocycles. The zero-order valence-electron chi connectivity index (χ0n) is 14.3. The smallest absolute Gasteiger partial charge is 0.247 e. The number of hydrogen-bond acceptors (Lipinski definition) is 4. The second-order valence-electron chi connectivity index (χ2n) is 6.88. The van der Waals surface area contributed by atoms with E-state index in [2.05, 4.69) is 11.4 Å². The minimum atomic E-state index is -0.427. The average Bonchev–Trinajstić information content (AvgIpc) is 2.78. The molecule has 24 heavy (non-hydrogen) atoms. The third kappa shape index (κ3) is 5.71. The Balaban J connectivity index is 1.83. The first-order valence-corrected chi connectivity index (χ1v) is 8.26. The van der Waals surface area contributed by atoms with Gasteiger partial charge in [0.1, 0.15) is 11.9 Å². The summed E-state index contributed by atoms with van der Waals surface area (Å²) in [5.41, 5.74) is 6.20. The molecule has 0 aromatic carbocycles. The van der Waals surface area contributed by atoms with E-state index in [9.17, 15) is 4.79 Å². The Labute approximate surface area is 143 Å². The van der Waals surface area contributed by atoms with Gasteiger partial charge in [-0.2, -0.15) is 5.26 Å². The van der Waals surface area contributed by atoms with Crippen molar-refractivity contribution < 1.29 is 9.53 Å². The first-order valence-electron chi connectivity index (χ1n) is 8.26. The zero-order chi connectivity index (χ0) is 17.6. The number of nitrogens with one attached hydrogen (secondary N) is 1. The second kappa shape index (κ2) is 7.98. The van der Waals surface area contributed by atoms with Crippen LogP contribution in [0, 0.1) is 17.2 Å². The Kier molecular flexibility index (Phi) is 5.99. The van der Waals surface area contributed by atoms with Gasteiger partial charge in [-0.15, -0.1) is 0 Å². The maximum Gasteiger partial charge on any atom is 0.247 e. The number of carbonyl (C=O) groups is 1. The molecule has 0 heterocycles. The van der Waals surface area contributed by atoms with Gasteiger partial charge >= 0.3 is 0 Å². The van der Waals surface area contributed by atoms with E-state index in [-0.39, 0.29) is 17.9 Å². The summed E-state index contributed by atoms with van der Waals surface area (Å²) >= 11 is 0. The molecule has 0 aromatic rings. The molecule has 2 atom stereocenters. The number of allylic oxidation sites excluding steroid dienone is 5. The average molecular weight is 327 g/mol. The van der Waals surface area contributed by atoms with Crippen molar-refractivity contribution in [1.29, 1.82) is 5.26 Å². The molecule has 0 bridgehead atoms. The Hall–Kier alpha value is -2.32. The van der Waals surface area contributed by atoms with E-state index in [1.165, 1.54) is 0 Å². The predicted octanol–water partition coefficient (Wildman–Crippen LogP) is 2.49. The molecular formula is C19H25N3O2. The van der Waals surface area contributed by atoms with E-state index in [4.69, 9.17) is 15.7 Å². The number of amides is 1. The van der Waals surface area contributed by atoms with Gasteiger partial charge in [0.2, 0.25) is 5.91 Å². The van der Waals surface area contributed by atoms with E-state index in [1.54, 1.807) is 0 Å². The topological polar surface area (TPSA) is 88.1 Å². The second-order valence-corrected chi connectivity index (χ2v) is 6.88. The molecule has 0 aromatic heterocycles. The molecule has 2 aliphatic carbocycles. The van der Waals surface area contributed by atoms with Crippen molar-refractivity contribution in [3.8, 4) is 6.07 Å². The van der Waals surface area contributed by atoms with Crippen LogP contribution in [0.2, 0.25) is 0 Å². The van der Waals surface area contributed by atoms with Crippen molar-refractivity contribution in [2.75, 3.05) is 6.54 Å². The molecule has 2 aliphatic rings. The van der Waals surface area contributed by atoms with Crippen LogP contribution in [0.5, 0.6) is 0 Å². The van der Waals surface area contributed by atoms with Crippen LogP contribution in [0.3, 0.4) is 0 Å². The van der Waals surface area contributed by atoms with Gasteiger partial charge in [0.05, 0.1) is 12.0 Å². The maximum atomic E-state index is 12.2. The van der Waals surface area contributed by atoms with Crippen molar-refractivity contribution in [2.45, 2.75) is 44.8 Å². The summed E-state index contributed by atoms with van der Waals surface area (Å²) in [6.07, 6.45) is 13.3. The highest BCUT2D eigenvalue weighted by Crippen LogP contribution is 2.22. The van der Waals surface area contributed by atoms with E-state index >= 15 is 0 Å². The number of nitriles is 1. The highest BCUT2D eigenvalue weighted by molar-refractivity contribution is 5.93. The molecule has 5 heteroatoms. The highest BCUT2D eigenvalue weighted by Gasteiger charge is 2.18. The normalized spacial score (nSPS) is 23.6. The minimum absolute atomic E-state index is 0.0641. The fourth-order valence-electron chi connectivity index (χ4n) is 2.44. The van der Waals surface area contributed by atoms with Gasteiger partial charge in [-0.3, -0.25) is 4.79 Å². The largest absolute Gasteiger partial charge is 0.487 e. The predicted molar refractivity (Wildman–Crippen MR) is 93.5 cm³/mol. The molecule has 0 radical (unpaired) electrons. The summed E-state index contributed by atoms with van der Waals surface area (Å²) in [5, 5.41) is 11.7. The summed E-state index contributed by atoms with van der Waals surface area (Å²) in [6.45, 7) is 4.19. The lowest BCUT2D eigenvalue weighted by molar-refractivity contribution is -0.117. The van der Waals surface area contributed by atoms with Crippen molar-refractivity contribution in [3.05, 3.63) is 47.8 Å². The van der Waals surface area contributed by atoms with Gasteiger partial charge in [-0.25, -0.2) is 0 Å².